The van der Waals surface area contributed by atoms with Crippen LogP contribution in [-0.4, -0.2) is 177 Å². The normalized spacial score (nSPS) is 10.2. The Morgan fingerprint density at radius 1 is 0.357 bits per heavy atom. The molecule has 0 unspecified atom stereocenters. The van der Waals surface area contributed by atoms with Crippen molar-refractivity contribution < 1.29 is 182 Å². The van der Waals surface area contributed by atoms with Crippen molar-refractivity contribution in [3.8, 4) is 0 Å². The molecule has 0 aliphatic rings. The number of carbonyl (C=O) groups is 8. The molecular weight excluding hydrogens is 630 g/mol. The summed E-state index contributed by atoms with van der Waals surface area (Å²) in [5, 5.41) is 72.5. The summed E-state index contributed by atoms with van der Waals surface area (Å²) >= 11 is 0. The fourth-order valence-corrected chi connectivity index (χ4v) is 2.93. The van der Waals surface area contributed by atoms with Gasteiger partial charge in [0.25, 0.3) is 0 Å². The first-order valence-corrected chi connectivity index (χ1v) is 11.0. The SMILES string of the molecule is O=C(O)CN(CCN(CC(=O)O)CC(=O)O)CC(=O)O.O=C([O-])CN(CCN(CC(=O)O)CC(=O)O)CC(=O)[O-].[K+].[K+]. The van der Waals surface area contributed by atoms with Crippen LogP contribution < -0.4 is 113 Å². The predicted molar refractivity (Wildman–Crippen MR) is 122 cm³/mol. The molecule has 0 radical (unpaired) electrons. The third-order valence-electron chi connectivity index (χ3n) is 4.32. The van der Waals surface area contributed by atoms with Gasteiger partial charge in [0.15, 0.2) is 0 Å². The van der Waals surface area contributed by atoms with Gasteiger partial charge in [0.05, 0.1) is 51.2 Å². The molecule has 0 aromatic carbocycles. The van der Waals surface area contributed by atoms with Crippen LogP contribution in [0, 0.1) is 0 Å². The van der Waals surface area contributed by atoms with Gasteiger partial charge in [-0.15, -0.1) is 0 Å². The average molecular weight is 661 g/mol. The van der Waals surface area contributed by atoms with Gasteiger partial charge in [-0.1, -0.05) is 0 Å². The molecule has 0 atom stereocenters. The molecule has 0 heterocycles. The van der Waals surface area contributed by atoms with Crippen LogP contribution in [0.1, 0.15) is 0 Å². The Morgan fingerprint density at radius 2 is 0.500 bits per heavy atom. The van der Waals surface area contributed by atoms with E-state index < -0.39 is 100 Å². The van der Waals surface area contributed by atoms with Gasteiger partial charge in [-0.25, -0.2) is 0 Å². The first-order chi connectivity index (χ1) is 18.4. The fourth-order valence-electron chi connectivity index (χ4n) is 2.93. The van der Waals surface area contributed by atoms with Crippen molar-refractivity contribution in [3.05, 3.63) is 0 Å². The van der Waals surface area contributed by atoms with Crippen molar-refractivity contribution in [3.63, 3.8) is 0 Å². The largest absolute Gasteiger partial charge is 1.00 e. The molecule has 0 saturated heterocycles. The van der Waals surface area contributed by atoms with Crippen LogP contribution in [0.15, 0.2) is 0 Å². The van der Waals surface area contributed by atoms with E-state index in [-0.39, 0.29) is 129 Å². The molecule has 6 N–H and O–H groups in total. The van der Waals surface area contributed by atoms with Crippen LogP contribution in [-0.2, 0) is 38.4 Å². The second-order valence-electron chi connectivity index (χ2n) is 7.95. The number of aliphatic carboxylic acids is 8. The molecule has 0 rings (SSSR count). The van der Waals surface area contributed by atoms with E-state index in [1.165, 1.54) is 0 Å². The topological polar surface area (TPSA) is 317 Å². The summed E-state index contributed by atoms with van der Waals surface area (Å²) in [6.45, 7) is -5.00. The zero-order valence-electron chi connectivity index (χ0n) is 23.0. The van der Waals surface area contributed by atoms with Crippen molar-refractivity contribution >= 4 is 47.8 Å². The number of hydrogen-bond acceptors (Lipinski definition) is 14. The molecule has 0 fully saturated rings. The van der Waals surface area contributed by atoms with E-state index in [0.717, 1.165) is 19.6 Å². The molecule has 0 aromatic heterocycles. The van der Waals surface area contributed by atoms with Crippen LogP contribution in [0.2, 0.25) is 0 Å². The third kappa shape index (κ3) is 33.4. The van der Waals surface area contributed by atoms with E-state index in [0.29, 0.717) is 0 Å². The summed E-state index contributed by atoms with van der Waals surface area (Å²) in [5.74, 6) is -10.4. The zero-order chi connectivity index (χ0) is 31.4. The number of nitrogens with zero attached hydrogens (tertiary/aromatic N) is 4. The maximum Gasteiger partial charge on any atom is 1.00 e. The Balaban J connectivity index is -0.000000328. The quantitative estimate of drug-likeness (QED) is 0.0587. The first kappa shape index (κ1) is 47.8. The van der Waals surface area contributed by atoms with Gasteiger partial charge in [-0.3, -0.25) is 48.4 Å². The number of carboxylic acid groups (broad SMARTS) is 8. The van der Waals surface area contributed by atoms with Crippen LogP contribution >= 0.6 is 0 Å². The van der Waals surface area contributed by atoms with Crippen LogP contribution in [0.4, 0.5) is 0 Å². The molecule has 0 aromatic rings. The maximum atomic E-state index is 10.6. The Bertz CT molecular complexity index is 715. The van der Waals surface area contributed by atoms with Gasteiger partial charge in [0.2, 0.25) is 0 Å². The summed E-state index contributed by atoms with van der Waals surface area (Å²) in [5.41, 5.74) is 0. The summed E-state index contributed by atoms with van der Waals surface area (Å²) in [6.07, 6.45) is 0. The van der Waals surface area contributed by atoms with Crippen LogP contribution in [0.5, 0.6) is 0 Å². The Hall–Kier alpha value is -1.13. The van der Waals surface area contributed by atoms with Crippen LogP contribution in [0.3, 0.4) is 0 Å². The fraction of sp³-hybridized carbons (Fsp3) is 0.600. The van der Waals surface area contributed by atoms with Crippen molar-refractivity contribution in [2.75, 3.05) is 78.5 Å². The van der Waals surface area contributed by atoms with E-state index in [9.17, 15) is 48.6 Å². The van der Waals surface area contributed by atoms with Crippen molar-refractivity contribution in [2.45, 2.75) is 0 Å². The average Bonchev–Trinajstić information content (AvgIpc) is 2.72. The minimum atomic E-state index is -1.51. The predicted octanol–water partition coefficient (Wildman–Crippen LogP) is -12.8. The van der Waals surface area contributed by atoms with Crippen molar-refractivity contribution in [2.24, 2.45) is 0 Å². The van der Waals surface area contributed by atoms with Crippen molar-refractivity contribution in [1.82, 2.24) is 19.6 Å². The number of hydrogen-bond donors (Lipinski definition) is 6. The van der Waals surface area contributed by atoms with Gasteiger partial charge in [0.1, 0.15) is 0 Å². The molecule has 228 valence electrons. The first-order valence-electron chi connectivity index (χ1n) is 11.0. The molecule has 0 spiro atoms. The Labute approximate surface area is 323 Å². The van der Waals surface area contributed by atoms with E-state index in [2.05, 4.69) is 0 Å². The molecule has 20 nitrogen and oxygen atoms in total. The summed E-state index contributed by atoms with van der Waals surface area (Å²) in [4.78, 5) is 88.3. The van der Waals surface area contributed by atoms with E-state index >= 15 is 0 Å². The molecule has 42 heavy (non-hydrogen) atoms. The monoisotopic (exact) mass is 660 g/mol. The molecule has 22 heteroatoms. The molecule has 0 saturated carbocycles. The zero-order valence-corrected chi connectivity index (χ0v) is 29.3. The maximum absolute atomic E-state index is 10.6. The standard InChI is InChI=1S/2C10H16N2O8.2K/c2*13-7(14)3-11(4-8(15)16)1-2-12(5-9(17)18)6-10(19)20;;/h2*1-6H2,(H,13,14)(H,15,16)(H,17,18)(H,19,20);;/q;;2*+1/p-2. The van der Waals surface area contributed by atoms with Gasteiger partial charge in [-0.2, -0.15) is 0 Å². The van der Waals surface area contributed by atoms with E-state index in [4.69, 9.17) is 30.6 Å². The van der Waals surface area contributed by atoms with E-state index in [1.807, 2.05) is 0 Å². The Kier molecular flexibility index (Phi) is 31.2. The van der Waals surface area contributed by atoms with Gasteiger partial charge in [0, 0.05) is 39.3 Å². The van der Waals surface area contributed by atoms with Crippen molar-refractivity contribution in [1.29, 1.82) is 0 Å². The molecule has 0 bridgehead atoms. The second kappa shape index (κ2) is 27.4. The van der Waals surface area contributed by atoms with Gasteiger partial charge < -0.3 is 50.4 Å². The van der Waals surface area contributed by atoms with Gasteiger partial charge >= 0.3 is 139 Å². The summed E-state index contributed by atoms with van der Waals surface area (Å²) < 4.78 is 0. The number of rotatable bonds is 22. The number of carboxylic acids is 8. The second-order valence-corrected chi connectivity index (χ2v) is 7.95. The minimum Gasteiger partial charge on any atom is -0.549 e. The van der Waals surface area contributed by atoms with E-state index in [1.54, 1.807) is 0 Å². The molecule has 0 aliphatic heterocycles. The molecule has 0 aliphatic carbocycles. The number of carbonyl (C=O) groups excluding carboxylic acids is 2. The summed E-state index contributed by atoms with van der Waals surface area (Å²) in [6, 6.07) is 0. The van der Waals surface area contributed by atoms with Gasteiger partial charge in [-0.05, 0) is 0 Å². The minimum absolute atomic E-state index is 0. The third-order valence-corrected chi connectivity index (χ3v) is 4.32. The smallest absolute Gasteiger partial charge is 0.549 e. The molecular formula is C20H30K2N4O16. The molecule has 0 amide bonds. The summed E-state index contributed by atoms with van der Waals surface area (Å²) in [7, 11) is 0. The van der Waals surface area contributed by atoms with Crippen LogP contribution in [0.25, 0.3) is 0 Å². The Morgan fingerprint density at radius 3 is 0.619 bits per heavy atom.